The SMILES string of the molecule is C=C/C=C(\C=C1/CC=C(C)C=N1)CC1CC(CCC(C)n2ccc3c(N)ncnc32)C1. The number of aromatic nitrogens is 3. The van der Waals surface area contributed by atoms with Crippen molar-refractivity contribution in [2.24, 2.45) is 16.8 Å². The summed E-state index contributed by atoms with van der Waals surface area (Å²) in [4.78, 5) is 13.1. The minimum Gasteiger partial charge on any atom is -0.383 e. The highest BCUT2D eigenvalue weighted by atomic mass is 15.1. The fourth-order valence-corrected chi connectivity index (χ4v) is 4.76. The maximum Gasteiger partial charge on any atom is 0.145 e. The van der Waals surface area contributed by atoms with Gasteiger partial charge in [0.05, 0.1) is 5.39 Å². The largest absolute Gasteiger partial charge is 0.383 e. The number of aliphatic imine (C=N–C) groups is 1. The number of rotatable bonds is 8. The highest BCUT2D eigenvalue weighted by molar-refractivity contribution is 5.86. The summed E-state index contributed by atoms with van der Waals surface area (Å²) in [6.45, 7) is 8.26. The number of fused-ring (bicyclic) bond motifs is 1. The Morgan fingerprint density at radius 2 is 2.16 bits per heavy atom. The van der Waals surface area contributed by atoms with Crippen molar-refractivity contribution in [3.8, 4) is 0 Å². The van der Waals surface area contributed by atoms with Crippen LogP contribution in [0.1, 0.15) is 58.4 Å². The van der Waals surface area contributed by atoms with E-state index in [4.69, 9.17) is 5.73 Å². The second-order valence-electron chi connectivity index (χ2n) is 9.08. The Kier molecular flexibility index (Phi) is 6.50. The average molecular weight is 416 g/mol. The zero-order valence-electron chi connectivity index (χ0n) is 18.7. The van der Waals surface area contributed by atoms with Crippen LogP contribution in [0.3, 0.4) is 0 Å². The van der Waals surface area contributed by atoms with Gasteiger partial charge in [-0.05, 0) is 81.1 Å². The number of nitrogens with zero attached hydrogens (tertiary/aromatic N) is 4. The van der Waals surface area contributed by atoms with Crippen LogP contribution in [0.4, 0.5) is 5.82 Å². The number of hydrogen-bond acceptors (Lipinski definition) is 4. The molecule has 1 atom stereocenters. The molecule has 0 spiro atoms. The number of hydrogen-bond donors (Lipinski definition) is 1. The fraction of sp³-hybridized carbons (Fsp3) is 0.423. The monoisotopic (exact) mass is 415 g/mol. The van der Waals surface area contributed by atoms with Gasteiger partial charge < -0.3 is 10.3 Å². The lowest BCUT2D eigenvalue weighted by atomic mass is 9.70. The van der Waals surface area contributed by atoms with Gasteiger partial charge in [-0.1, -0.05) is 24.8 Å². The first-order valence-corrected chi connectivity index (χ1v) is 11.3. The first kappa shape index (κ1) is 21.3. The smallest absolute Gasteiger partial charge is 0.145 e. The average Bonchev–Trinajstić information content (AvgIpc) is 3.17. The molecule has 1 unspecified atom stereocenters. The first-order chi connectivity index (χ1) is 15.0. The van der Waals surface area contributed by atoms with Crippen molar-refractivity contribution < 1.29 is 0 Å². The van der Waals surface area contributed by atoms with Gasteiger partial charge in [-0.2, -0.15) is 0 Å². The summed E-state index contributed by atoms with van der Waals surface area (Å²) in [5.41, 5.74) is 10.7. The third-order valence-corrected chi connectivity index (χ3v) is 6.62. The number of nitrogens with two attached hydrogens (primary N) is 1. The van der Waals surface area contributed by atoms with Crippen LogP contribution in [-0.2, 0) is 0 Å². The molecule has 1 saturated carbocycles. The molecule has 0 aromatic carbocycles. The molecule has 0 amide bonds. The molecule has 1 fully saturated rings. The van der Waals surface area contributed by atoms with Gasteiger partial charge in [-0.3, -0.25) is 4.99 Å². The van der Waals surface area contributed by atoms with Crippen molar-refractivity contribution in [2.45, 2.75) is 58.4 Å². The zero-order valence-corrected chi connectivity index (χ0v) is 18.7. The zero-order chi connectivity index (χ0) is 21.8. The van der Waals surface area contributed by atoms with Gasteiger partial charge in [0.15, 0.2) is 0 Å². The quantitative estimate of drug-likeness (QED) is 0.523. The Morgan fingerprint density at radius 1 is 1.32 bits per heavy atom. The van der Waals surface area contributed by atoms with Gasteiger partial charge in [0, 0.05) is 30.6 Å². The molecule has 0 radical (unpaired) electrons. The van der Waals surface area contributed by atoms with Gasteiger partial charge in [-0.25, -0.2) is 9.97 Å². The van der Waals surface area contributed by atoms with E-state index in [-0.39, 0.29) is 0 Å². The Balaban J connectivity index is 1.26. The second-order valence-corrected chi connectivity index (χ2v) is 9.08. The summed E-state index contributed by atoms with van der Waals surface area (Å²) in [6, 6.07) is 2.43. The molecule has 3 heterocycles. The Hall–Kier alpha value is -2.95. The normalized spacial score (nSPS) is 23.6. The van der Waals surface area contributed by atoms with E-state index in [1.807, 2.05) is 18.4 Å². The van der Waals surface area contributed by atoms with Gasteiger partial charge in [0.2, 0.25) is 0 Å². The molecule has 5 nitrogen and oxygen atoms in total. The maximum absolute atomic E-state index is 5.97. The molecule has 1 aliphatic carbocycles. The van der Waals surface area contributed by atoms with Crippen LogP contribution < -0.4 is 5.73 Å². The molecular formula is C26H33N5. The molecule has 162 valence electrons. The van der Waals surface area contributed by atoms with Crippen LogP contribution in [0.5, 0.6) is 0 Å². The summed E-state index contributed by atoms with van der Waals surface area (Å²) in [5.74, 6) is 2.15. The summed E-state index contributed by atoms with van der Waals surface area (Å²) in [7, 11) is 0. The van der Waals surface area contributed by atoms with Crippen LogP contribution in [0.25, 0.3) is 11.0 Å². The molecule has 2 N–H and O–H groups in total. The Bertz CT molecular complexity index is 1060. The Labute approximate surface area is 185 Å². The summed E-state index contributed by atoms with van der Waals surface area (Å²) in [5, 5.41) is 0.946. The summed E-state index contributed by atoms with van der Waals surface area (Å²) >= 11 is 0. The van der Waals surface area contributed by atoms with Crippen molar-refractivity contribution in [1.82, 2.24) is 14.5 Å². The lowest BCUT2D eigenvalue weighted by Gasteiger charge is -2.36. The fourth-order valence-electron chi connectivity index (χ4n) is 4.76. The topological polar surface area (TPSA) is 69.1 Å². The van der Waals surface area contributed by atoms with E-state index in [1.54, 1.807) is 6.33 Å². The highest BCUT2D eigenvalue weighted by Crippen LogP contribution is 2.42. The standard InChI is InChI=1S/C26H33N5/c1-4-5-20(15-23-9-6-18(2)16-28-23)12-22-13-21(14-22)8-7-19(3)31-11-10-24-25(27)29-17-30-26(24)31/h4-6,10-11,15-17,19,21-22H,1,7-9,12-14H2,2-3H3,(H2,27,29,30)/b20-5-,23-15+. The second kappa shape index (κ2) is 9.46. The maximum atomic E-state index is 5.97. The van der Waals surface area contributed by atoms with E-state index in [1.165, 1.54) is 30.4 Å². The molecule has 0 saturated heterocycles. The minimum atomic E-state index is 0.410. The Morgan fingerprint density at radius 3 is 2.90 bits per heavy atom. The summed E-state index contributed by atoms with van der Waals surface area (Å²) < 4.78 is 2.24. The van der Waals surface area contributed by atoms with Gasteiger partial charge in [0.25, 0.3) is 0 Å². The van der Waals surface area contributed by atoms with E-state index in [0.29, 0.717) is 11.9 Å². The molecule has 31 heavy (non-hydrogen) atoms. The molecule has 4 rings (SSSR count). The molecule has 0 bridgehead atoms. The third-order valence-electron chi connectivity index (χ3n) is 6.62. The van der Waals surface area contributed by atoms with Crippen LogP contribution in [-0.4, -0.2) is 20.7 Å². The lowest BCUT2D eigenvalue weighted by molar-refractivity contribution is 0.173. The van der Waals surface area contributed by atoms with E-state index in [0.717, 1.165) is 47.8 Å². The predicted octanol–water partition coefficient (Wildman–Crippen LogP) is 6.19. The number of anilines is 1. The van der Waals surface area contributed by atoms with Crippen LogP contribution in [0, 0.1) is 11.8 Å². The van der Waals surface area contributed by atoms with E-state index in [9.17, 15) is 0 Å². The molecule has 5 heteroatoms. The van der Waals surface area contributed by atoms with Crippen molar-refractivity contribution in [1.29, 1.82) is 0 Å². The molecule has 2 aromatic rings. The van der Waals surface area contributed by atoms with Crippen molar-refractivity contribution in [3.05, 3.63) is 66.3 Å². The van der Waals surface area contributed by atoms with E-state index < -0.39 is 0 Å². The molecule has 1 aliphatic heterocycles. The number of nitrogen functional groups attached to an aromatic ring is 1. The van der Waals surface area contributed by atoms with Crippen LogP contribution in [0.2, 0.25) is 0 Å². The molecule has 2 aromatic heterocycles. The van der Waals surface area contributed by atoms with Crippen molar-refractivity contribution in [2.75, 3.05) is 5.73 Å². The lowest BCUT2D eigenvalue weighted by Crippen LogP contribution is -2.24. The van der Waals surface area contributed by atoms with Crippen molar-refractivity contribution in [3.63, 3.8) is 0 Å². The number of dihydropyridines is 1. The first-order valence-electron chi connectivity index (χ1n) is 11.3. The number of allylic oxidation sites excluding steroid dienone is 6. The molecule has 2 aliphatic rings. The molecular weight excluding hydrogens is 382 g/mol. The van der Waals surface area contributed by atoms with Crippen LogP contribution >= 0.6 is 0 Å². The minimum absolute atomic E-state index is 0.410. The van der Waals surface area contributed by atoms with Gasteiger partial charge >= 0.3 is 0 Å². The highest BCUT2D eigenvalue weighted by Gasteiger charge is 2.29. The third kappa shape index (κ3) is 5.04. The van der Waals surface area contributed by atoms with Gasteiger partial charge in [-0.15, -0.1) is 0 Å². The van der Waals surface area contributed by atoms with E-state index in [2.05, 4.69) is 64.4 Å². The van der Waals surface area contributed by atoms with Crippen molar-refractivity contribution >= 4 is 23.1 Å². The van der Waals surface area contributed by atoms with Gasteiger partial charge in [0.1, 0.15) is 17.8 Å². The summed E-state index contributed by atoms with van der Waals surface area (Å²) in [6.07, 6.45) is 21.2. The van der Waals surface area contributed by atoms with Crippen LogP contribution in [0.15, 0.2) is 71.3 Å². The van der Waals surface area contributed by atoms with E-state index >= 15 is 0 Å². The predicted molar refractivity (Wildman–Crippen MR) is 130 cm³/mol.